The summed E-state index contributed by atoms with van der Waals surface area (Å²) < 4.78 is 0. The summed E-state index contributed by atoms with van der Waals surface area (Å²) in [5.74, 6) is 1.34. The van der Waals surface area contributed by atoms with Gasteiger partial charge in [-0.2, -0.15) is 0 Å². The van der Waals surface area contributed by atoms with E-state index < -0.39 is 0 Å². The van der Waals surface area contributed by atoms with Crippen LogP contribution in [0.4, 0.5) is 0 Å². The van der Waals surface area contributed by atoms with Gasteiger partial charge in [-0.15, -0.1) is 11.8 Å². The summed E-state index contributed by atoms with van der Waals surface area (Å²) in [6, 6.07) is 50.9. The molecule has 0 aromatic heterocycles. The molecule has 0 radical (unpaired) electrons. The Morgan fingerprint density at radius 2 is 1.12 bits per heavy atom. The van der Waals surface area contributed by atoms with Crippen LogP contribution in [-0.4, -0.2) is 24.6 Å². The molecular weight excluding hydrogens is 807 g/mol. The highest BCUT2D eigenvalue weighted by atomic mass is 32.2. The lowest BCUT2D eigenvalue weighted by Crippen LogP contribution is -2.09. The van der Waals surface area contributed by atoms with Gasteiger partial charge in [-0.05, 0) is 159 Å². The minimum atomic E-state index is 0.0905. The van der Waals surface area contributed by atoms with Gasteiger partial charge in [-0.25, -0.2) is 0 Å². The summed E-state index contributed by atoms with van der Waals surface area (Å²) in [5, 5.41) is 11.0. The van der Waals surface area contributed by atoms with Crippen molar-refractivity contribution >= 4 is 49.9 Å². The van der Waals surface area contributed by atoms with Crippen LogP contribution in [0.2, 0.25) is 0 Å². The van der Waals surface area contributed by atoms with Gasteiger partial charge in [0, 0.05) is 22.9 Å². The second-order valence-corrected chi connectivity index (χ2v) is 19.1. The van der Waals surface area contributed by atoms with E-state index in [-0.39, 0.29) is 11.8 Å². The Kier molecular flexibility index (Phi) is 14.4. The van der Waals surface area contributed by atoms with Crippen LogP contribution >= 0.6 is 11.8 Å². The number of aryl methyl sites for hydroxylation is 3. The lowest BCUT2D eigenvalue weighted by molar-refractivity contribution is 0.0990. The maximum Gasteiger partial charge on any atom is 0.181 e. The van der Waals surface area contributed by atoms with Crippen LogP contribution in [0.1, 0.15) is 129 Å². The molecule has 1 N–H and O–H groups in total. The highest BCUT2D eigenvalue weighted by molar-refractivity contribution is 7.98. The van der Waals surface area contributed by atoms with Crippen molar-refractivity contribution in [1.82, 2.24) is 5.32 Å². The zero-order valence-corrected chi connectivity index (χ0v) is 41.0. The average Bonchev–Trinajstić information content (AvgIpc) is 4.14. The van der Waals surface area contributed by atoms with E-state index in [0.29, 0.717) is 11.8 Å². The van der Waals surface area contributed by atoms with Crippen molar-refractivity contribution in [3.8, 4) is 33.4 Å². The highest BCUT2D eigenvalue weighted by Gasteiger charge is 2.30. The zero-order valence-electron chi connectivity index (χ0n) is 40.2. The summed E-state index contributed by atoms with van der Waals surface area (Å²) in [5.41, 5.74) is 17.2. The molecule has 0 saturated carbocycles. The molecule has 10 rings (SSSR count). The second-order valence-electron chi connectivity index (χ2n) is 18.2. The normalized spacial score (nSPS) is 14.7. The van der Waals surface area contributed by atoms with Crippen molar-refractivity contribution in [2.24, 2.45) is 0 Å². The number of nitrogens with one attached hydrogen (secondary N) is 1. The van der Waals surface area contributed by atoms with E-state index in [9.17, 15) is 4.79 Å². The lowest BCUT2D eigenvalue weighted by atomic mass is 9.83. The highest BCUT2D eigenvalue weighted by Crippen LogP contribution is 2.51. The van der Waals surface area contributed by atoms with Gasteiger partial charge in [0.05, 0.1) is 6.04 Å². The standard InChI is InChI=1S/C50H50S.C10H11NO.C2H6/c1-7-10-33(11-8-2)34-15-16-36-28-37(18-17-35(36)27-34)49-43-21-13-32(5)26-48(43)50(44-22-14-31(4)25-47(44)49)38-19-23-41-40(12-9-3)42-24-20-39(51-6)30-46(42)45(41)29-38;1-7-2-4-8(5-3-7)10(12)9-6-11-9;1-2/h13-30,33,40H,7-12H2,1-6H3;2-5,9,11H,6H2,1H3;1-2H3. The minimum absolute atomic E-state index is 0.0905. The van der Waals surface area contributed by atoms with E-state index in [1.54, 1.807) is 0 Å². The molecule has 1 aliphatic heterocycles. The molecule has 1 heterocycles. The maximum absolute atomic E-state index is 11.5. The predicted molar refractivity (Wildman–Crippen MR) is 284 cm³/mol. The van der Waals surface area contributed by atoms with Crippen LogP contribution < -0.4 is 5.32 Å². The number of fused-ring (bicyclic) bond motifs is 6. The van der Waals surface area contributed by atoms with Crippen molar-refractivity contribution in [3.63, 3.8) is 0 Å². The van der Waals surface area contributed by atoms with E-state index in [1.807, 2.05) is 56.8 Å². The fraction of sp³-hybridized carbons (Fsp3) is 0.306. The number of ketones is 1. The topological polar surface area (TPSA) is 39.0 Å². The Hall–Kier alpha value is -5.48. The van der Waals surface area contributed by atoms with Gasteiger partial charge in [-0.3, -0.25) is 4.79 Å². The number of thioether (sulfide) groups is 1. The number of carbonyl (C=O) groups is 1. The van der Waals surface area contributed by atoms with Gasteiger partial charge >= 0.3 is 0 Å². The Labute approximate surface area is 393 Å². The molecule has 65 heavy (non-hydrogen) atoms. The van der Waals surface area contributed by atoms with Crippen LogP contribution in [0.3, 0.4) is 0 Å². The van der Waals surface area contributed by atoms with Crippen LogP contribution in [-0.2, 0) is 0 Å². The van der Waals surface area contributed by atoms with Gasteiger partial charge in [-0.1, -0.05) is 180 Å². The first-order valence-electron chi connectivity index (χ1n) is 24.4. The van der Waals surface area contributed by atoms with E-state index >= 15 is 0 Å². The molecule has 1 aliphatic carbocycles. The number of rotatable bonds is 12. The number of Topliss-reactive ketones (excluding diaryl/α,β-unsaturated/α-hetero) is 1. The molecule has 2 aliphatic rings. The third-order valence-electron chi connectivity index (χ3n) is 13.6. The third-order valence-corrected chi connectivity index (χ3v) is 14.3. The molecule has 0 spiro atoms. The Morgan fingerprint density at radius 3 is 1.71 bits per heavy atom. The lowest BCUT2D eigenvalue weighted by Gasteiger charge is -2.20. The molecule has 332 valence electrons. The molecule has 1 saturated heterocycles. The first-order chi connectivity index (χ1) is 31.7. The second kappa shape index (κ2) is 20.4. The largest absolute Gasteiger partial charge is 0.304 e. The SMILES string of the molecule is CC.CCCC(CCC)c1ccc2cc(-c3c4ccc(C)cc4c(-c4ccc5c(c4)-c4cc(SC)ccc4C5CCC)c4ccc(C)cc34)ccc2c1.Cc1ccc(C(=O)C2CN2)cc1. The molecule has 0 bridgehead atoms. The number of hydrogen-bond acceptors (Lipinski definition) is 3. The van der Waals surface area contributed by atoms with Gasteiger partial charge in [0.15, 0.2) is 5.78 Å². The Morgan fingerprint density at radius 1 is 0.585 bits per heavy atom. The van der Waals surface area contributed by atoms with Crippen LogP contribution in [0.25, 0.3) is 65.7 Å². The van der Waals surface area contributed by atoms with Gasteiger partial charge in [0.2, 0.25) is 0 Å². The average molecular weight is 874 g/mol. The van der Waals surface area contributed by atoms with Gasteiger partial charge < -0.3 is 5.32 Å². The zero-order chi connectivity index (χ0) is 45.8. The maximum atomic E-state index is 11.5. The van der Waals surface area contributed by atoms with Crippen molar-refractivity contribution in [1.29, 1.82) is 0 Å². The molecule has 8 aromatic rings. The fourth-order valence-electron chi connectivity index (χ4n) is 10.3. The summed E-state index contributed by atoms with van der Waals surface area (Å²) in [6.07, 6.45) is 9.53. The van der Waals surface area contributed by atoms with E-state index in [2.05, 4.69) is 155 Å². The quantitative estimate of drug-likeness (QED) is 0.0575. The predicted octanol–water partition coefficient (Wildman–Crippen LogP) is 17.6. The monoisotopic (exact) mass is 873 g/mol. The van der Waals surface area contributed by atoms with E-state index in [1.165, 1.54) is 142 Å². The van der Waals surface area contributed by atoms with E-state index in [0.717, 1.165) is 12.1 Å². The van der Waals surface area contributed by atoms with Gasteiger partial charge in [0.25, 0.3) is 0 Å². The van der Waals surface area contributed by atoms with Gasteiger partial charge in [0.1, 0.15) is 0 Å². The van der Waals surface area contributed by atoms with E-state index in [4.69, 9.17) is 0 Å². The van der Waals surface area contributed by atoms with Crippen LogP contribution in [0, 0.1) is 20.8 Å². The summed E-state index contributed by atoms with van der Waals surface area (Å²) >= 11 is 1.84. The Balaban J connectivity index is 0.000000352. The summed E-state index contributed by atoms with van der Waals surface area (Å²) in [7, 11) is 0. The molecule has 8 aromatic carbocycles. The summed E-state index contributed by atoms with van der Waals surface area (Å²) in [4.78, 5) is 12.8. The number of carbonyl (C=O) groups excluding carboxylic acids is 1. The molecule has 1 fully saturated rings. The molecule has 2 atom stereocenters. The molecular formula is C62H67NOS. The molecule has 0 amide bonds. The minimum Gasteiger partial charge on any atom is -0.304 e. The van der Waals surface area contributed by atoms with Crippen LogP contribution in [0.5, 0.6) is 0 Å². The van der Waals surface area contributed by atoms with Crippen molar-refractivity contribution in [3.05, 3.63) is 172 Å². The van der Waals surface area contributed by atoms with Crippen LogP contribution in [0.15, 0.2) is 138 Å². The molecule has 2 nitrogen and oxygen atoms in total. The van der Waals surface area contributed by atoms with Crippen molar-refractivity contribution in [2.45, 2.75) is 117 Å². The number of hydrogen-bond donors (Lipinski definition) is 1. The van der Waals surface area contributed by atoms with Crippen molar-refractivity contribution in [2.75, 3.05) is 12.8 Å². The molecule has 3 heteroatoms. The first kappa shape index (κ1) is 46.1. The first-order valence-corrected chi connectivity index (χ1v) is 25.6. The summed E-state index contributed by atoms with van der Waals surface area (Å²) in [6.45, 7) is 18.3. The van der Waals surface area contributed by atoms with Crippen molar-refractivity contribution < 1.29 is 4.79 Å². The molecule has 2 unspecified atom stereocenters. The Bertz CT molecular complexity index is 2990. The fourth-order valence-corrected chi connectivity index (χ4v) is 10.7. The number of benzene rings is 8. The smallest absolute Gasteiger partial charge is 0.181 e. The third kappa shape index (κ3) is 9.47.